The number of Topliss-reactive ketones (excluding diaryl/α,β-unsaturated/α-hetero) is 1. The maximum atomic E-state index is 12.2. The van der Waals surface area contributed by atoms with Gasteiger partial charge in [0.05, 0.1) is 12.5 Å². The van der Waals surface area contributed by atoms with Crippen LogP contribution >= 0.6 is 0 Å². The van der Waals surface area contributed by atoms with Crippen LogP contribution in [0.4, 0.5) is 0 Å². The van der Waals surface area contributed by atoms with Crippen molar-refractivity contribution in [3.8, 4) is 0 Å². The molecule has 2 rings (SSSR count). The Labute approximate surface area is 143 Å². The van der Waals surface area contributed by atoms with Crippen LogP contribution in [0.15, 0.2) is 0 Å². The first kappa shape index (κ1) is 18.9. The van der Waals surface area contributed by atoms with E-state index in [1.165, 1.54) is 19.3 Å². The van der Waals surface area contributed by atoms with E-state index >= 15 is 0 Å². The lowest BCUT2D eigenvalue weighted by atomic mass is 9.84. The van der Waals surface area contributed by atoms with Gasteiger partial charge in [-0.1, -0.05) is 13.8 Å². The van der Waals surface area contributed by atoms with Gasteiger partial charge in [0.1, 0.15) is 12.6 Å². The van der Waals surface area contributed by atoms with Crippen molar-refractivity contribution in [3.05, 3.63) is 6.42 Å². The summed E-state index contributed by atoms with van der Waals surface area (Å²) in [5.74, 6) is -0.779. The highest BCUT2D eigenvalue weighted by Crippen LogP contribution is 2.26. The van der Waals surface area contributed by atoms with Gasteiger partial charge in [-0.05, 0) is 37.8 Å². The molecule has 2 aliphatic heterocycles. The molecule has 0 aromatic carbocycles. The number of primary amides is 1. The van der Waals surface area contributed by atoms with Crippen molar-refractivity contribution in [2.45, 2.75) is 51.7 Å². The minimum atomic E-state index is -0.589. The van der Waals surface area contributed by atoms with Crippen LogP contribution < -0.4 is 11.1 Å². The van der Waals surface area contributed by atoms with Crippen LogP contribution in [0, 0.1) is 11.8 Å². The predicted octanol–water partition coefficient (Wildman–Crippen LogP) is 0.0309. The van der Waals surface area contributed by atoms with Gasteiger partial charge >= 0.3 is 0 Å². The van der Waals surface area contributed by atoms with Crippen molar-refractivity contribution in [2.24, 2.45) is 11.1 Å². The first-order valence-corrected chi connectivity index (χ1v) is 8.55. The Morgan fingerprint density at radius 1 is 1.38 bits per heavy atom. The van der Waals surface area contributed by atoms with Crippen molar-refractivity contribution < 1.29 is 19.1 Å². The third-order valence-electron chi connectivity index (χ3n) is 4.59. The van der Waals surface area contributed by atoms with Gasteiger partial charge in [0, 0.05) is 13.0 Å². The molecule has 0 spiro atoms. The van der Waals surface area contributed by atoms with E-state index in [4.69, 9.17) is 10.5 Å². The fraction of sp³-hybridized carbons (Fsp3) is 0.765. The Morgan fingerprint density at radius 3 is 2.67 bits per heavy atom. The molecular formula is C17H28N3O4. The number of nitrogens with zero attached hydrogens (tertiary/aromatic N) is 1. The lowest BCUT2D eigenvalue weighted by molar-refractivity contribution is -0.124. The first-order chi connectivity index (χ1) is 11.3. The minimum absolute atomic E-state index is 0.0522. The third-order valence-corrected chi connectivity index (χ3v) is 4.59. The maximum absolute atomic E-state index is 12.2. The van der Waals surface area contributed by atoms with Crippen molar-refractivity contribution in [3.63, 3.8) is 0 Å². The molecule has 2 fully saturated rings. The second-order valence-electron chi connectivity index (χ2n) is 7.53. The average molecular weight is 338 g/mol. The summed E-state index contributed by atoms with van der Waals surface area (Å²) in [6.07, 6.45) is 4.16. The molecule has 0 saturated carbocycles. The van der Waals surface area contributed by atoms with Gasteiger partial charge in [-0.2, -0.15) is 0 Å². The lowest BCUT2D eigenvalue weighted by Gasteiger charge is -2.25. The number of carbonyl (C=O) groups excluding carboxylic acids is 3. The molecule has 0 aromatic rings. The van der Waals surface area contributed by atoms with E-state index in [-0.39, 0.29) is 42.1 Å². The van der Waals surface area contributed by atoms with Crippen molar-refractivity contribution >= 4 is 17.6 Å². The molecule has 2 amide bonds. The van der Waals surface area contributed by atoms with E-state index in [0.29, 0.717) is 13.0 Å². The Morgan fingerprint density at radius 2 is 2.04 bits per heavy atom. The highest BCUT2D eigenvalue weighted by Gasteiger charge is 2.38. The van der Waals surface area contributed by atoms with Crippen LogP contribution in [-0.2, 0) is 19.1 Å². The number of amides is 2. The fourth-order valence-corrected chi connectivity index (χ4v) is 3.26. The normalized spacial score (nSPS) is 25.2. The Hall–Kier alpha value is -1.47. The highest BCUT2D eigenvalue weighted by atomic mass is 16.5. The molecule has 0 bridgehead atoms. The van der Waals surface area contributed by atoms with E-state index in [1.54, 1.807) is 0 Å². The SMILES string of the molecule is CC(C)(C[CH]C(=O)NC1C(=O)COC1CN1CCCC1)CC(N)=O. The summed E-state index contributed by atoms with van der Waals surface area (Å²) >= 11 is 0. The third kappa shape index (κ3) is 5.56. The molecule has 2 unspecified atom stereocenters. The standard InChI is InChI=1S/C17H28N3O4/c1-17(2,9-14(18)22)6-5-15(23)19-16-12(21)11-24-13(16)10-20-7-3-4-8-20/h5,13,16H,3-4,6-11H2,1-2H3,(H2,18,22)(H,19,23). The second kappa shape index (κ2) is 8.07. The number of hydrogen-bond acceptors (Lipinski definition) is 5. The molecule has 7 nitrogen and oxygen atoms in total. The molecular weight excluding hydrogens is 310 g/mol. The summed E-state index contributed by atoms with van der Waals surface area (Å²) < 4.78 is 5.56. The molecule has 24 heavy (non-hydrogen) atoms. The number of carbonyl (C=O) groups is 3. The summed E-state index contributed by atoms with van der Waals surface area (Å²) in [7, 11) is 0. The van der Waals surface area contributed by atoms with Crippen LogP contribution in [0.3, 0.4) is 0 Å². The van der Waals surface area contributed by atoms with Crippen LogP contribution in [0.2, 0.25) is 0 Å². The predicted molar refractivity (Wildman–Crippen MR) is 88.9 cm³/mol. The van der Waals surface area contributed by atoms with E-state index in [2.05, 4.69) is 10.2 Å². The summed E-state index contributed by atoms with van der Waals surface area (Å²) in [6.45, 7) is 6.51. The number of ether oxygens (including phenoxy) is 1. The zero-order valence-corrected chi connectivity index (χ0v) is 14.5. The van der Waals surface area contributed by atoms with Crippen LogP contribution in [0.5, 0.6) is 0 Å². The molecule has 0 aromatic heterocycles. The van der Waals surface area contributed by atoms with Crippen molar-refractivity contribution in [1.29, 1.82) is 0 Å². The zero-order chi connectivity index (χ0) is 17.7. The van der Waals surface area contributed by atoms with E-state index in [9.17, 15) is 14.4 Å². The van der Waals surface area contributed by atoms with Crippen LogP contribution in [0.1, 0.15) is 39.5 Å². The van der Waals surface area contributed by atoms with Gasteiger partial charge in [0.15, 0.2) is 5.78 Å². The maximum Gasteiger partial charge on any atom is 0.224 e. The van der Waals surface area contributed by atoms with Crippen molar-refractivity contribution in [1.82, 2.24) is 10.2 Å². The summed E-state index contributed by atoms with van der Waals surface area (Å²) in [5, 5.41) is 2.77. The van der Waals surface area contributed by atoms with E-state index < -0.39 is 6.04 Å². The van der Waals surface area contributed by atoms with Gasteiger partial charge in [-0.25, -0.2) is 0 Å². The molecule has 2 heterocycles. The van der Waals surface area contributed by atoms with Gasteiger partial charge in [0.25, 0.3) is 0 Å². The number of hydrogen-bond donors (Lipinski definition) is 2. The molecule has 2 atom stereocenters. The van der Waals surface area contributed by atoms with Crippen LogP contribution in [0.25, 0.3) is 0 Å². The smallest absolute Gasteiger partial charge is 0.224 e. The number of nitrogens with two attached hydrogens (primary N) is 1. The monoisotopic (exact) mass is 338 g/mol. The molecule has 135 valence electrons. The Balaban J connectivity index is 1.82. The summed E-state index contributed by atoms with van der Waals surface area (Å²) in [6, 6.07) is -0.589. The molecule has 2 aliphatic rings. The number of rotatable bonds is 8. The average Bonchev–Trinajstić information content (AvgIpc) is 3.09. The molecule has 7 heteroatoms. The highest BCUT2D eigenvalue weighted by molar-refractivity contribution is 5.94. The summed E-state index contributed by atoms with van der Waals surface area (Å²) in [4.78, 5) is 37.5. The van der Waals surface area contributed by atoms with Gasteiger partial charge in [-0.3, -0.25) is 14.4 Å². The fourth-order valence-electron chi connectivity index (χ4n) is 3.26. The van der Waals surface area contributed by atoms with Gasteiger partial charge in [0.2, 0.25) is 11.8 Å². The zero-order valence-electron chi connectivity index (χ0n) is 14.5. The number of nitrogens with one attached hydrogen (secondary N) is 1. The summed E-state index contributed by atoms with van der Waals surface area (Å²) in [5.41, 5.74) is 4.83. The Bertz CT molecular complexity index is 486. The number of ketones is 1. The lowest BCUT2D eigenvalue weighted by Crippen LogP contribution is -2.48. The minimum Gasteiger partial charge on any atom is -0.370 e. The molecule has 2 saturated heterocycles. The van der Waals surface area contributed by atoms with Gasteiger partial charge < -0.3 is 20.7 Å². The van der Waals surface area contributed by atoms with Crippen LogP contribution in [-0.4, -0.2) is 60.9 Å². The van der Waals surface area contributed by atoms with E-state index in [0.717, 1.165) is 13.1 Å². The molecule has 1 radical (unpaired) electrons. The molecule has 0 aliphatic carbocycles. The van der Waals surface area contributed by atoms with Gasteiger partial charge in [-0.15, -0.1) is 0 Å². The largest absolute Gasteiger partial charge is 0.370 e. The second-order valence-corrected chi connectivity index (χ2v) is 7.53. The number of likely N-dealkylation sites (tertiary alicyclic amines) is 1. The first-order valence-electron chi connectivity index (χ1n) is 8.55. The quantitative estimate of drug-likeness (QED) is 0.650. The molecule has 3 N–H and O–H groups in total. The van der Waals surface area contributed by atoms with Crippen molar-refractivity contribution in [2.75, 3.05) is 26.2 Å². The Kier molecular flexibility index (Phi) is 6.34. The van der Waals surface area contributed by atoms with E-state index in [1.807, 2.05) is 13.8 Å². The topological polar surface area (TPSA) is 102 Å².